The van der Waals surface area contributed by atoms with Crippen molar-refractivity contribution in [2.24, 2.45) is 7.05 Å². The summed E-state index contributed by atoms with van der Waals surface area (Å²) >= 11 is 1.36. The average molecular weight is 311 g/mol. The topological polar surface area (TPSA) is 93.5 Å². The Hall–Kier alpha value is -1.93. The largest absolute Gasteiger partial charge is 0.481 e. The van der Waals surface area contributed by atoms with Gasteiger partial charge in [-0.15, -0.1) is 11.3 Å². The molecular weight excluding hydrogens is 294 g/mol. The number of aromatic nitrogens is 2. The van der Waals surface area contributed by atoms with Crippen molar-refractivity contribution in [3.05, 3.63) is 16.6 Å². The summed E-state index contributed by atoms with van der Waals surface area (Å²) in [5.41, 5.74) is 0.878. The zero-order valence-corrected chi connectivity index (χ0v) is 12.9. The van der Waals surface area contributed by atoms with Crippen LogP contribution in [-0.4, -0.2) is 46.5 Å². The minimum atomic E-state index is -0.959. The maximum atomic E-state index is 12.1. The molecule has 0 aliphatic heterocycles. The van der Waals surface area contributed by atoms with Gasteiger partial charge in [0.2, 0.25) is 0 Å². The van der Waals surface area contributed by atoms with Gasteiger partial charge in [0.05, 0.1) is 23.1 Å². The third-order valence-corrected chi connectivity index (χ3v) is 4.35. The van der Waals surface area contributed by atoms with E-state index in [2.05, 4.69) is 10.4 Å². The quantitative estimate of drug-likeness (QED) is 0.835. The Kier molecular flexibility index (Phi) is 4.59. The van der Waals surface area contributed by atoms with Crippen LogP contribution in [0.3, 0.4) is 0 Å². The van der Waals surface area contributed by atoms with E-state index in [0.717, 1.165) is 15.9 Å². The van der Waals surface area contributed by atoms with Crippen LogP contribution < -0.4 is 5.32 Å². The summed E-state index contributed by atoms with van der Waals surface area (Å²) in [5, 5.41) is 16.7. The molecule has 8 heteroatoms. The molecule has 114 valence electrons. The standard InChI is InChI=1S/C13H17N3O4S/c1-7-9-5-10(21-13(9)16(2)15-7)12(19)14-6-8(20-3)4-11(17)18/h5,8H,4,6H2,1-3H3,(H,14,19)(H,17,18). The fourth-order valence-electron chi connectivity index (χ4n) is 2.04. The molecule has 2 aromatic rings. The van der Waals surface area contributed by atoms with Gasteiger partial charge in [-0.2, -0.15) is 5.10 Å². The first-order valence-corrected chi connectivity index (χ1v) is 7.20. The molecule has 1 atom stereocenters. The van der Waals surface area contributed by atoms with Crippen molar-refractivity contribution >= 4 is 33.4 Å². The molecule has 0 aliphatic carbocycles. The number of carboxylic acid groups (broad SMARTS) is 1. The van der Waals surface area contributed by atoms with Crippen molar-refractivity contribution in [2.45, 2.75) is 19.4 Å². The summed E-state index contributed by atoms with van der Waals surface area (Å²) in [7, 11) is 3.26. The first-order chi connectivity index (χ1) is 9.92. The van der Waals surface area contributed by atoms with Gasteiger partial charge in [-0.05, 0) is 13.0 Å². The van der Waals surface area contributed by atoms with Gasteiger partial charge in [0.1, 0.15) is 4.83 Å². The first kappa shape index (κ1) is 15.5. The van der Waals surface area contributed by atoms with E-state index in [1.807, 2.05) is 14.0 Å². The summed E-state index contributed by atoms with van der Waals surface area (Å²) in [4.78, 5) is 24.3. The number of fused-ring (bicyclic) bond motifs is 1. The Morgan fingerprint density at radius 2 is 2.29 bits per heavy atom. The van der Waals surface area contributed by atoms with Gasteiger partial charge in [0.15, 0.2) is 0 Å². The van der Waals surface area contributed by atoms with E-state index in [0.29, 0.717) is 4.88 Å². The molecule has 0 aliphatic rings. The Morgan fingerprint density at radius 1 is 1.57 bits per heavy atom. The second-order valence-electron chi connectivity index (χ2n) is 4.70. The summed E-state index contributed by atoms with van der Waals surface area (Å²) in [6.07, 6.45) is -0.684. The van der Waals surface area contributed by atoms with Crippen LogP contribution in [0, 0.1) is 6.92 Å². The van der Waals surface area contributed by atoms with E-state index in [1.54, 1.807) is 10.7 Å². The molecule has 0 spiro atoms. The van der Waals surface area contributed by atoms with Gasteiger partial charge < -0.3 is 15.2 Å². The average Bonchev–Trinajstić information content (AvgIpc) is 2.96. The highest BCUT2D eigenvalue weighted by atomic mass is 32.1. The molecule has 0 bridgehead atoms. The lowest BCUT2D eigenvalue weighted by atomic mass is 10.2. The number of amides is 1. The monoisotopic (exact) mass is 311 g/mol. The molecule has 1 amide bonds. The lowest BCUT2D eigenvalue weighted by Crippen LogP contribution is -2.34. The fourth-order valence-corrected chi connectivity index (χ4v) is 3.08. The van der Waals surface area contributed by atoms with Crippen LogP contribution in [-0.2, 0) is 16.6 Å². The van der Waals surface area contributed by atoms with Crippen LogP contribution in [0.2, 0.25) is 0 Å². The SMILES string of the molecule is COC(CNC(=O)c1cc2c(C)nn(C)c2s1)CC(=O)O. The smallest absolute Gasteiger partial charge is 0.306 e. The highest BCUT2D eigenvalue weighted by Gasteiger charge is 2.17. The summed E-state index contributed by atoms with van der Waals surface area (Å²) < 4.78 is 6.77. The molecule has 2 rings (SSSR count). The van der Waals surface area contributed by atoms with Crippen molar-refractivity contribution in [3.63, 3.8) is 0 Å². The summed E-state index contributed by atoms with van der Waals surface area (Å²) in [6.45, 7) is 2.05. The zero-order chi connectivity index (χ0) is 15.6. The minimum Gasteiger partial charge on any atom is -0.481 e. The van der Waals surface area contributed by atoms with Crippen LogP contribution in [0.25, 0.3) is 10.2 Å². The van der Waals surface area contributed by atoms with E-state index in [4.69, 9.17) is 9.84 Å². The fraction of sp³-hybridized carbons (Fsp3) is 0.462. The van der Waals surface area contributed by atoms with Crippen LogP contribution in [0.5, 0.6) is 0 Å². The van der Waals surface area contributed by atoms with Gasteiger partial charge in [0.25, 0.3) is 5.91 Å². The molecule has 0 fully saturated rings. The third kappa shape index (κ3) is 3.40. The second kappa shape index (κ2) is 6.23. The molecule has 0 saturated heterocycles. The minimum absolute atomic E-state index is 0.147. The van der Waals surface area contributed by atoms with E-state index in [-0.39, 0.29) is 18.9 Å². The summed E-state index contributed by atoms with van der Waals surface area (Å²) in [5.74, 6) is -1.19. The predicted octanol–water partition coefficient (Wildman–Crippen LogP) is 1.16. The van der Waals surface area contributed by atoms with Crippen LogP contribution >= 0.6 is 11.3 Å². The lowest BCUT2D eigenvalue weighted by molar-refractivity contribution is -0.139. The molecule has 2 N–H and O–H groups in total. The Labute approximate surface area is 125 Å². The van der Waals surface area contributed by atoms with Crippen molar-refractivity contribution in [2.75, 3.05) is 13.7 Å². The maximum absolute atomic E-state index is 12.1. The van der Waals surface area contributed by atoms with E-state index >= 15 is 0 Å². The van der Waals surface area contributed by atoms with Crippen molar-refractivity contribution in [1.82, 2.24) is 15.1 Å². The molecule has 1 unspecified atom stereocenters. The van der Waals surface area contributed by atoms with Crippen molar-refractivity contribution in [1.29, 1.82) is 0 Å². The van der Waals surface area contributed by atoms with Crippen LogP contribution in [0.4, 0.5) is 0 Å². The van der Waals surface area contributed by atoms with Crippen LogP contribution in [0.15, 0.2) is 6.07 Å². The molecule has 0 radical (unpaired) electrons. The van der Waals surface area contributed by atoms with E-state index < -0.39 is 12.1 Å². The number of ether oxygens (including phenoxy) is 1. The molecule has 2 heterocycles. The number of rotatable bonds is 6. The van der Waals surface area contributed by atoms with E-state index in [1.165, 1.54) is 18.4 Å². The van der Waals surface area contributed by atoms with Gasteiger partial charge in [-0.3, -0.25) is 14.3 Å². The number of hydrogen-bond acceptors (Lipinski definition) is 5. The Bertz CT molecular complexity index is 642. The maximum Gasteiger partial charge on any atom is 0.306 e. The molecule has 7 nitrogen and oxygen atoms in total. The van der Waals surface area contributed by atoms with Gasteiger partial charge in [-0.25, -0.2) is 0 Å². The molecule has 2 aromatic heterocycles. The summed E-state index contributed by atoms with van der Waals surface area (Å²) in [6, 6.07) is 1.80. The number of aliphatic carboxylic acids is 1. The Balaban J connectivity index is 2.05. The lowest BCUT2D eigenvalue weighted by Gasteiger charge is -2.13. The number of thiophene rings is 1. The normalized spacial score (nSPS) is 12.5. The Morgan fingerprint density at radius 3 is 2.86 bits per heavy atom. The highest BCUT2D eigenvalue weighted by molar-refractivity contribution is 7.20. The molecular formula is C13H17N3O4S. The number of carbonyl (C=O) groups excluding carboxylic acids is 1. The second-order valence-corrected chi connectivity index (χ2v) is 5.73. The number of aryl methyl sites for hydroxylation is 2. The highest BCUT2D eigenvalue weighted by Crippen LogP contribution is 2.27. The molecule has 21 heavy (non-hydrogen) atoms. The van der Waals surface area contributed by atoms with Crippen molar-refractivity contribution < 1.29 is 19.4 Å². The van der Waals surface area contributed by atoms with E-state index in [9.17, 15) is 9.59 Å². The number of carboxylic acids is 1. The van der Waals surface area contributed by atoms with Gasteiger partial charge in [0, 0.05) is 26.1 Å². The van der Waals surface area contributed by atoms with Gasteiger partial charge in [-0.1, -0.05) is 0 Å². The van der Waals surface area contributed by atoms with Crippen LogP contribution in [0.1, 0.15) is 21.8 Å². The zero-order valence-electron chi connectivity index (χ0n) is 12.0. The number of nitrogens with one attached hydrogen (secondary N) is 1. The third-order valence-electron chi connectivity index (χ3n) is 3.15. The predicted molar refractivity (Wildman–Crippen MR) is 78.7 cm³/mol. The number of nitrogens with zero attached hydrogens (tertiary/aromatic N) is 2. The number of hydrogen-bond donors (Lipinski definition) is 2. The number of methoxy groups -OCH3 is 1. The van der Waals surface area contributed by atoms with Gasteiger partial charge >= 0.3 is 5.97 Å². The van der Waals surface area contributed by atoms with Crippen molar-refractivity contribution in [3.8, 4) is 0 Å². The number of carbonyl (C=O) groups is 2. The first-order valence-electron chi connectivity index (χ1n) is 6.38. The molecule has 0 saturated carbocycles. The molecule has 0 aromatic carbocycles.